The highest BCUT2D eigenvalue weighted by Gasteiger charge is 2.40. The Kier molecular flexibility index (Phi) is 6.53. The Labute approximate surface area is 196 Å². The number of carbonyl (C=O) groups is 2. The van der Waals surface area contributed by atoms with Crippen LogP contribution in [-0.2, 0) is 9.59 Å². The van der Waals surface area contributed by atoms with Gasteiger partial charge in [0, 0.05) is 15.6 Å². The van der Waals surface area contributed by atoms with Crippen LogP contribution in [0.1, 0.15) is 12.5 Å². The molecule has 1 aliphatic heterocycles. The number of amides is 2. The Bertz CT molecular complexity index is 1190. The van der Waals surface area contributed by atoms with E-state index in [1.54, 1.807) is 42.5 Å². The molecule has 0 aromatic heterocycles. The molecule has 0 radical (unpaired) electrons. The third-order valence-corrected chi connectivity index (χ3v) is 6.18. The Morgan fingerprint density at radius 1 is 0.969 bits per heavy atom. The number of nitrogens with zero attached hydrogens (tertiary/aromatic N) is 1. The van der Waals surface area contributed by atoms with Gasteiger partial charge in [0.15, 0.2) is 0 Å². The van der Waals surface area contributed by atoms with Crippen LogP contribution >= 0.6 is 23.4 Å². The van der Waals surface area contributed by atoms with Crippen molar-refractivity contribution in [3.05, 3.63) is 94.0 Å². The van der Waals surface area contributed by atoms with Crippen LogP contribution in [0.2, 0.25) is 5.02 Å². The van der Waals surface area contributed by atoms with Crippen molar-refractivity contribution in [2.75, 3.05) is 16.8 Å². The standard InChI is InChI=1S/C25H21ClN2O3S/c1-3-31-19-12-10-18(11-13-19)28-24(29)22(27-21-14-9-17(26)15-16(21)2)23(25(28)30)32-20-7-5-4-6-8-20/h4-15,27H,3H2,1-2H3. The molecule has 5 nitrogen and oxygen atoms in total. The fourth-order valence-electron chi connectivity index (χ4n) is 3.32. The molecule has 4 rings (SSSR count). The summed E-state index contributed by atoms with van der Waals surface area (Å²) < 4.78 is 5.47. The highest BCUT2D eigenvalue weighted by atomic mass is 35.5. The third kappa shape index (κ3) is 4.52. The number of halogens is 1. The van der Waals surface area contributed by atoms with E-state index in [2.05, 4.69) is 5.32 Å². The summed E-state index contributed by atoms with van der Waals surface area (Å²) >= 11 is 7.34. The smallest absolute Gasteiger partial charge is 0.283 e. The maximum absolute atomic E-state index is 13.4. The minimum Gasteiger partial charge on any atom is -0.494 e. The number of hydrogen-bond donors (Lipinski definition) is 1. The van der Waals surface area contributed by atoms with Gasteiger partial charge in [-0.3, -0.25) is 9.59 Å². The molecule has 162 valence electrons. The van der Waals surface area contributed by atoms with Crippen molar-refractivity contribution in [3.8, 4) is 5.75 Å². The average molecular weight is 465 g/mol. The van der Waals surface area contributed by atoms with E-state index >= 15 is 0 Å². The van der Waals surface area contributed by atoms with Crippen molar-refractivity contribution < 1.29 is 14.3 Å². The van der Waals surface area contributed by atoms with Crippen LogP contribution in [0.5, 0.6) is 5.75 Å². The Hall–Kier alpha value is -3.22. The number of thioether (sulfide) groups is 1. The van der Waals surface area contributed by atoms with Gasteiger partial charge in [-0.05, 0) is 74.0 Å². The van der Waals surface area contributed by atoms with Crippen molar-refractivity contribution in [1.29, 1.82) is 0 Å². The molecule has 0 spiro atoms. The minimum atomic E-state index is -0.410. The molecule has 1 aliphatic rings. The lowest BCUT2D eigenvalue weighted by Gasteiger charge is -2.16. The molecule has 32 heavy (non-hydrogen) atoms. The van der Waals surface area contributed by atoms with E-state index < -0.39 is 5.91 Å². The van der Waals surface area contributed by atoms with Gasteiger partial charge in [0.2, 0.25) is 0 Å². The molecular formula is C25H21ClN2O3S. The number of hydrogen-bond acceptors (Lipinski definition) is 5. The van der Waals surface area contributed by atoms with Crippen LogP contribution in [0.25, 0.3) is 0 Å². The number of nitrogens with one attached hydrogen (secondary N) is 1. The van der Waals surface area contributed by atoms with Crippen molar-refractivity contribution in [2.45, 2.75) is 18.7 Å². The summed E-state index contributed by atoms with van der Waals surface area (Å²) in [5.74, 6) is -0.105. The van der Waals surface area contributed by atoms with Crippen LogP contribution < -0.4 is 15.0 Å². The molecule has 0 saturated carbocycles. The maximum Gasteiger partial charge on any atom is 0.283 e. The molecule has 3 aromatic rings. The van der Waals surface area contributed by atoms with Crippen molar-refractivity contribution in [2.24, 2.45) is 0 Å². The van der Waals surface area contributed by atoms with Gasteiger partial charge in [-0.15, -0.1) is 0 Å². The molecule has 2 amide bonds. The first kappa shape index (κ1) is 22.0. The predicted molar refractivity (Wildman–Crippen MR) is 129 cm³/mol. The molecule has 7 heteroatoms. The van der Waals surface area contributed by atoms with E-state index in [9.17, 15) is 9.59 Å². The first-order valence-electron chi connectivity index (χ1n) is 10.1. The van der Waals surface area contributed by atoms with E-state index in [0.717, 1.165) is 10.5 Å². The third-order valence-electron chi connectivity index (χ3n) is 4.86. The molecule has 0 atom stereocenters. The van der Waals surface area contributed by atoms with E-state index in [-0.39, 0.29) is 11.6 Å². The summed E-state index contributed by atoms with van der Waals surface area (Å²) in [5, 5.41) is 3.78. The van der Waals surface area contributed by atoms with Crippen LogP contribution in [0.15, 0.2) is 88.3 Å². The molecular weight excluding hydrogens is 444 g/mol. The van der Waals surface area contributed by atoms with Gasteiger partial charge in [0.05, 0.1) is 12.3 Å². The lowest BCUT2D eigenvalue weighted by molar-refractivity contribution is -0.120. The summed E-state index contributed by atoms with van der Waals surface area (Å²) in [6.07, 6.45) is 0. The van der Waals surface area contributed by atoms with Gasteiger partial charge >= 0.3 is 0 Å². The van der Waals surface area contributed by atoms with Gasteiger partial charge < -0.3 is 10.1 Å². The molecule has 0 fully saturated rings. The summed E-state index contributed by atoms with van der Waals surface area (Å²) in [5.41, 5.74) is 2.31. The molecule has 0 bridgehead atoms. The minimum absolute atomic E-state index is 0.239. The van der Waals surface area contributed by atoms with Crippen LogP contribution in [-0.4, -0.2) is 18.4 Å². The summed E-state index contributed by atoms with van der Waals surface area (Å²) in [4.78, 5) is 29.2. The summed E-state index contributed by atoms with van der Waals surface area (Å²) in [6, 6.07) is 21.8. The van der Waals surface area contributed by atoms with E-state index in [4.69, 9.17) is 16.3 Å². The molecule has 1 N–H and O–H groups in total. The van der Waals surface area contributed by atoms with E-state index in [1.165, 1.54) is 16.7 Å². The Morgan fingerprint density at radius 3 is 2.34 bits per heavy atom. The molecule has 3 aromatic carbocycles. The van der Waals surface area contributed by atoms with Gasteiger partial charge in [0.25, 0.3) is 11.8 Å². The van der Waals surface area contributed by atoms with Crippen LogP contribution in [0, 0.1) is 6.92 Å². The van der Waals surface area contributed by atoms with Gasteiger partial charge in [-0.1, -0.05) is 41.6 Å². The summed E-state index contributed by atoms with van der Waals surface area (Å²) in [7, 11) is 0. The lowest BCUT2D eigenvalue weighted by atomic mass is 10.2. The number of aryl methyl sites for hydroxylation is 1. The van der Waals surface area contributed by atoms with Gasteiger partial charge in [0.1, 0.15) is 16.4 Å². The second-order valence-electron chi connectivity index (χ2n) is 7.08. The van der Waals surface area contributed by atoms with Gasteiger partial charge in [-0.25, -0.2) is 4.90 Å². The fraction of sp³-hybridized carbons (Fsp3) is 0.120. The van der Waals surface area contributed by atoms with Crippen LogP contribution in [0.3, 0.4) is 0 Å². The number of benzene rings is 3. The summed E-state index contributed by atoms with van der Waals surface area (Å²) in [6.45, 7) is 4.33. The highest BCUT2D eigenvalue weighted by Crippen LogP contribution is 2.38. The zero-order valence-electron chi connectivity index (χ0n) is 17.6. The zero-order valence-corrected chi connectivity index (χ0v) is 19.2. The largest absolute Gasteiger partial charge is 0.494 e. The normalized spacial score (nSPS) is 13.7. The number of ether oxygens (including phenoxy) is 1. The highest BCUT2D eigenvalue weighted by molar-refractivity contribution is 8.04. The quantitative estimate of drug-likeness (QED) is 0.432. The monoisotopic (exact) mass is 464 g/mol. The second kappa shape index (κ2) is 9.51. The lowest BCUT2D eigenvalue weighted by Crippen LogP contribution is -2.32. The average Bonchev–Trinajstić information content (AvgIpc) is 3.01. The van der Waals surface area contributed by atoms with Crippen LogP contribution in [0.4, 0.5) is 11.4 Å². The fourth-order valence-corrected chi connectivity index (χ4v) is 4.49. The molecule has 0 aliphatic carbocycles. The first-order valence-corrected chi connectivity index (χ1v) is 11.3. The maximum atomic E-state index is 13.4. The number of rotatable bonds is 7. The molecule has 0 saturated heterocycles. The van der Waals surface area contributed by atoms with Crippen molar-refractivity contribution in [1.82, 2.24) is 0 Å². The molecule has 0 unspecified atom stereocenters. The molecule has 1 heterocycles. The van der Waals surface area contributed by atoms with Crippen molar-refractivity contribution >= 4 is 46.6 Å². The van der Waals surface area contributed by atoms with E-state index in [0.29, 0.717) is 33.7 Å². The number of anilines is 2. The number of carbonyl (C=O) groups excluding carboxylic acids is 2. The Balaban J connectivity index is 1.72. The SMILES string of the molecule is CCOc1ccc(N2C(=O)C(Nc3ccc(Cl)cc3C)=C(Sc3ccccc3)C2=O)cc1. The topological polar surface area (TPSA) is 58.6 Å². The number of imide groups is 1. The van der Waals surface area contributed by atoms with Crippen molar-refractivity contribution in [3.63, 3.8) is 0 Å². The first-order chi connectivity index (χ1) is 15.5. The Morgan fingerprint density at radius 2 is 1.69 bits per heavy atom. The predicted octanol–water partition coefficient (Wildman–Crippen LogP) is 6.04. The van der Waals surface area contributed by atoms with E-state index in [1.807, 2.05) is 44.2 Å². The van der Waals surface area contributed by atoms with Gasteiger partial charge in [-0.2, -0.15) is 0 Å². The zero-order chi connectivity index (χ0) is 22.7. The second-order valence-corrected chi connectivity index (χ2v) is 8.60.